The van der Waals surface area contributed by atoms with Crippen LogP contribution in [0.3, 0.4) is 0 Å². The zero-order chi connectivity index (χ0) is 21.1. The lowest BCUT2D eigenvalue weighted by Crippen LogP contribution is -2.50. The molecule has 1 fully saturated rings. The number of benzene rings is 2. The fourth-order valence-corrected chi connectivity index (χ4v) is 5.00. The Bertz CT molecular complexity index is 1130. The number of carbonyl (C=O) groups is 1. The molecule has 2 aliphatic rings. The van der Waals surface area contributed by atoms with E-state index in [1.54, 1.807) is 11.0 Å². The van der Waals surface area contributed by atoms with E-state index < -0.39 is 10.0 Å². The number of nitrogens with zero attached hydrogens (tertiary/aromatic N) is 3. The molecule has 1 amide bonds. The van der Waals surface area contributed by atoms with Gasteiger partial charge in [0.2, 0.25) is 15.9 Å². The molecule has 2 aromatic rings. The average Bonchev–Trinajstić information content (AvgIpc) is 3.25. The fraction of sp³-hybridized carbons (Fsp3) is 0.273. The third kappa shape index (κ3) is 4.08. The van der Waals surface area contributed by atoms with Crippen molar-refractivity contribution in [3.63, 3.8) is 0 Å². The molecule has 0 saturated carbocycles. The average molecular weight is 423 g/mol. The van der Waals surface area contributed by atoms with Crippen molar-refractivity contribution < 1.29 is 17.9 Å². The highest BCUT2D eigenvalue weighted by Crippen LogP contribution is 2.26. The predicted molar refractivity (Wildman–Crippen MR) is 111 cm³/mol. The van der Waals surface area contributed by atoms with Gasteiger partial charge in [0, 0.05) is 38.7 Å². The summed E-state index contributed by atoms with van der Waals surface area (Å²) in [6.07, 6.45) is 4.18. The van der Waals surface area contributed by atoms with Crippen molar-refractivity contribution in [2.24, 2.45) is 0 Å². The third-order valence-electron chi connectivity index (χ3n) is 5.30. The van der Waals surface area contributed by atoms with Crippen LogP contribution in [0.5, 0.6) is 5.75 Å². The highest BCUT2D eigenvalue weighted by molar-refractivity contribution is 7.89. The smallest absolute Gasteiger partial charge is 0.246 e. The van der Waals surface area contributed by atoms with Gasteiger partial charge in [-0.1, -0.05) is 6.07 Å². The third-order valence-corrected chi connectivity index (χ3v) is 7.22. The van der Waals surface area contributed by atoms with Crippen LogP contribution < -0.4 is 4.74 Å². The summed E-state index contributed by atoms with van der Waals surface area (Å²) in [7, 11) is -3.64. The number of sulfonamides is 1. The van der Waals surface area contributed by atoms with Gasteiger partial charge >= 0.3 is 0 Å². The molecule has 2 aromatic carbocycles. The van der Waals surface area contributed by atoms with Gasteiger partial charge in [0.25, 0.3) is 0 Å². The van der Waals surface area contributed by atoms with Crippen molar-refractivity contribution in [1.82, 2.24) is 9.21 Å². The van der Waals surface area contributed by atoms with E-state index in [0.29, 0.717) is 25.3 Å². The van der Waals surface area contributed by atoms with E-state index >= 15 is 0 Å². The van der Waals surface area contributed by atoms with Crippen LogP contribution in [-0.4, -0.2) is 56.3 Å². The zero-order valence-electron chi connectivity index (χ0n) is 16.3. The molecule has 0 spiro atoms. The Labute approximate surface area is 175 Å². The molecule has 0 bridgehead atoms. The molecule has 1 saturated heterocycles. The summed E-state index contributed by atoms with van der Waals surface area (Å²) in [6, 6.07) is 13.7. The zero-order valence-corrected chi connectivity index (χ0v) is 17.1. The maximum Gasteiger partial charge on any atom is 0.246 e. The van der Waals surface area contributed by atoms with E-state index in [1.807, 2.05) is 24.3 Å². The summed E-state index contributed by atoms with van der Waals surface area (Å²) in [5.74, 6) is 0.764. The molecule has 0 unspecified atom stereocenters. The maximum atomic E-state index is 12.8. The monoisotopic (exact) mass is 423 g/mol. The number of piperazine rings is 1. The fourth-order valence-electron chi connectivity index (χ4n) is 3.58. The maximum absolute atomic E-state index is 12.8. The lowest BCUT2D eigenvalue weighted by molar-refractivity contribution is -0.127. The second-order valence-corrected chi connectivity index (χ2v) is 9.10. The van der Waals surface area contributed by atoms with Gasteiger partial charge in [-0.25, -0.2) is 8.42 Å². The number of amides is 1. The topological polar surface area (TPSA) is 90.7 Å². The normalized spacial score (nSPS) is 16.8. The van der Waals surface area contributed by atoms with Crippen molar-refractivity contribution in [3.8, 4) is 11.8 Å². The molecule has 0 atom stereocenters. The first-order valence-electron chi connectivity index (χ1n) is 9.70. The van der Waals surface area contributed by atoms with E-state index in [9.17, 15) is 13.2 Å². The highest BCUT2D eigenvalue weighted by Gasteiger charge is 2.29. The first-order chi connectivity index (χ1) is 14.5. The Morgan fingerprint density at radius 2 is 1.80 bits per heavy atom. The lowest BCUT2D eigenvalue weighted by atomic mass is 10.1. The molecule has 0 N–H and O–H groups in total. The summed E-state index contributed by atoms with van der Waals surface area (Å²) < 4.78 is 32.4. The first-order valence-corrected chi connectivity index (χ1v) is 11.1. The second-order valence-electron chi connectivity index (χ2n) is 7.16. The van der Waals surface area contributed by atoms with E-state index in [2.05, 4.69) is 0 Å². The second kappa shape index (κ2) is 8.30. The molecule has 7 nitrogen and oxygen atoms in total. The van der Waals surface area contributed by atoms with Crippen molar-refractivity contribution >= 4 is 22.0 Å². The highest BCUT2D eigenvalue weighted by atomic mass is 32.2. The Hall–Kier alpha value is -3.15. The van der Waals surface area contributed by atoms with Crippen molar-refractivity contribution in [3.05, 3.63) is 65.2 Å². The van der Waals surface area contributed by atoms with Gasteiger partial charge in [-0.3, -0.25) is 4.79 Å². The minimum absolute atomic E-state index is 0.137. The molecular formula is C22H21N3O4S. The Morgan fingerprint density at radius 3 is 2.50 bits per heavy atom. The SMILES string of the molecule is N#Cc1ccc(S(=O)(=O)N2CCN(C(=O)/C=C/c3ccc4c(c3)CCO4)CC2)cc1. The van der Waals surface area contributed by atoms with E-state index in [1.165, 1.54) is 34.6 Å². The van der Waals surface area contributed by atoms with E-state index in [-0.39, 0.29) is 23.9 Å². The molecule has 8 heteroatoms. The Balaban J connectivity index is 1.36. The van der Waals surface area contributed by atoms with Crippen molar-refractivity contribution in [2.75, 3.05) is 32.8 Å². The number of fused-ring (bicyclic) bond motifs is 1. The molecular weight excluding hydrogens is 402 g/mol. The summed E-state index contributed by atoms with van der Waals surface area (Å²) in [5, 5.41) is 8.86. The molecule has 0 radical (unpaired) electrons. The molecule has 2 heterocycles. The molecule has 154 valence electrons. The van der Waals surface area contributed by atoms with Crippen LogP contribution in [0.2, 0.25) is 0 Å². The van der Waals surface area contributed by atoms with Crippen LogP contribution in [0.25, 0.3) is 6.08 Å². The molecule has 2 aliphatic heterocycles. The van der Waals surface area contributed by atoms with Gasteiger partial charge in [0.1, 0.15) is 5.75 Å². The van der Waals surface area contributed by atoms with Crippen LogP contribution >= 0.6 is 0 Å². The first kappa shape index (κ1) is 20.1. The van der Waals surface area contributed by atoms with E-state index in [4.69, 9.17) is 10.00 Å². The number of hydrogen-bond acceptors (Lipinski definition) is 5. The van der Waals surface area contributed by atoms with Gasteiger partial charge in [0.15, 0.2) is 0 Å². The minimum Gasteiger partial charge on any atom is -0.493 e. The Morgan fingerprint density at radius 1 is 1.07 bits per heavy atom. The quantitative estimate of drug-likeness (QED) is 0.702. The van der Waals surface area contributed by atoms with Gasteiger partial charge in [-0.05, 0) is 53.6 Å². The van der Waals surface area contributed by atoms with Gasteiger partial charge in [-0.2, -0.15) is 9.57 Å². The largest absolute Gasteiger partial charge is 0.493 e. The predicted octanol–water partition coefficient (Wildman–Crippen LogP) is 2.04. The number of rotatable bonds is 4. The molecule has 0 aromatic heterocycles. The number of nitriles is 1. The van der Waals surface area contributed by atoms with Crippen LogP contribution in [0.15, 0.2) is 53.4 Å². The number of ether oxygens (including phenoxy) is 1. The summed E-state index contributed by atoms with van der Waals surface area (Å²) in [4.78, 5) is 14.3. The van der Waals surface area contributed by atoms with Gasteiger partial charge in [-0.15, -0.1) is 0 Å². The summed E-state index contributed by atoms with van der Waals surface area (Å²) >= 11 is 0. The van der Waals surface area contributed by atoms with Crippen LogP contribution in [0.1, 0.15) is 16.7 Å². The van der Waals surface area contributed by atoms with Gasteiger partial charge < -0.3 is 9.64 Å². The van der Waals surface area contributed by atoms with Gasteiger partial charge in [0.05, 0.1) is 23.1 Å². The van der Waals surface area contributed by atoms with E-state index in [0.717, 1.165) is 23.3 Å². The minimum atomic E-state index is -3.64. The number of carbonyl (C=O) groups excluding carboxylic acids is 1. The Kier molecular flexibility index (Phi) is 5.57. The molecule has 30 heavy (non-hydrogen) atoms. The van der Waals surface area contributed by atoms with Crippen LogP contribution in [0, 0.1) is 11.3 Å². The van der Waals surface area contributed by atoms with Crippen LogP contribution in [-0.2, 0) is 21.2 Å². The number of hydrogen-bond donors (Lipinski definition) is 0. The lowest BCUT2D eigenvalue weighted by Gasteiger charge is -2.33. The van der Waals surface area contributed by atoms with Crippen LogP contribution in [0.4, 0.5) is 0 Å². The molecule has 4 rings (SSSR count). The summed E-state index contributed by atoms with van der Waals surface area (Å²) in [5.41, 5.74) is 2.49. The summed E-state index contributed by atoms with van der Waals surface area (Å²) in [6.45, 7) is 1.82. The van der Waals surface area contributed by atoms with Crippen molar-refractivity contribution in [1.29, 1.82) is 5.26 Å². The standard InChI is InChI=1S/C22H21N3O4S/c23-16-18-1-5-20(6-2-18)30(27,28)25-12-10-24(11-13-25)22(26)8-4-17-3-7-21-19(15-17)9-14-29-21/h1-8,15H,9-14H2/b8-4+. The molecule has 0 aliphatic carbocycles. The van der Waals surface area contributed by atoms with Crippen molar-refractivity contribution in [2.45, 2.75) is 11.3 Å².